The van der Waals surface area contributed by atoms with Crippen molar-refractivity contribution >= 4 is 18.2 Å². The highest BCUT2D eigenvalue weighted by atomic mass is 16.6. The minimum atomic E-state index is -0.641. The van der Waals surface area contributed by atoms with Crippen molar-refractivity contribution in [3.63, 3.8) is 0 Å². The molecule has 2 amide bonds. The molecule has 4 heteroatoms. The lowest BCUT2D eigenvalue weighted by atomic mass is 10.3. The summed E-state index contributed by atoms with van der Waals surface area (Å²) in [6, 6.07) is 8.64. The van der Waals surface area contributed by atoms with E-state index in [-0.39, 0.29) is 0 Å². The van der Waals surface area contributed by atoms with Crippen molar-refractivity contribution < 1.29 is 14.3 Å². The predicted molar refractivity (Wildman–Crippen MR) is 56.6 cm³/mol. The van der Waals surface area contributed by atoms with Crippen molar-refractivity contribution in [1.82, 2.24) is 0 Å². The van der Waals surface area contributed by atoms with Gasteiger partial charge in [-0.25, -0.2) is 9.69 Å². The van der Waals surface area contributed by atoms with Crippen molar-refractivity contribution in [3.8, 4) is 0 Å². The molecule has 1 aromatic carbocycles. The van der Waals surface area contributed by atoms with Gasteiger partial charge in [0.15, 0.2) is 0 Å². The fraction of sp³-hybridized carbons (Fsp3) is 0.273. The van der Waals surface area contributed by atoms with Crippen LogP contribution in [0.15, 0.2) is 30.3 Å². The summed E-state index contributed by atoms with van der Waals surface area (Å²) in [6.45, 7) is 2.21. The number of carbonyl (C=O) groups excluding carboxylic acids is 2. The largest absolute Gasteiger partial charge is 0.449 e. The van der Waals surface area contributed by atoms with Crippen LogP contribution in [0.1, 0.15) is 13.3 Å². The topological polar surface area (TPSA) is 46.6 Å². The van der Waals surface area contributed by atoms with Crippen LogP contribution in [0.25, 0.3) is 0 Å². The molecule has 0 aliphatic rings. The molecule has 80 valence electrons. The molecule has 1 aromatic rings. The Labute approximate surface area is 88.5 Å². The van der Waals surface area contributed by atoms with E-state index in [1.165, 1.54) is 0 Å². The second kappa shape index (κ2) is 5.80. The summed E-state index contributed by atoms with van der Waals surface area (Å²) >= 11 is 0. The quantitative estimate of drug-likeness (QED) is 0.711. The van der Waals surface area contributed by atoms with Crippen LogP contribution in [0.2, 0.25) is 0 Å². The predicted octanol–water partition coefficient (Wildman–Crippen LogP) is 2.20. The van der Waals surface area contributed by atoms with Crippen molar-refractivity contribution in [2.45, 2.75) is 13.3 Å². The number of anilines is 1. The van der Waals surface area contributed by atoms with Gasteiger partial charge in [-0.05, 0) is 18.6 Å². The summed E-state index contributed by atoms with van der Waals surface area (Å²) in [5, 5.41) is 0. The SMILES string of the molecule is CCCOC(=O)N(C=O)c1ccccc1. The molecule has 0 saturated heterocycles. The molecule has 15 heavy (non-hydrogen) atoms. The summed E-state index contributed by atoms with van der Waals surface area (Å²) in [5.74, 6) is 0. The number of para-hydroxylation sites is 1. The van der Waals surface area contributed by atoms with Crippen LogP contribution in [-0.4, -0.2) is 19.1 Å². The highest BCUT2D eigenvalue weighted by Gasteiger charge is 2.15. The van der Waals surface area contributed by atoms with Gasteiger partial charge in [0.05, 0.1) is 12.3 Å². The number of ether oxygens (including phenoxy) is 1. The molecule has 0 fully saturated rings. The van der Waals surface area contributed by atoms with Crippen LogP contribution in [-0.2, 0) is 9.53 Å². The first kappa shape index (κ1) is 11.2. The highest BCUT2D eigenvalue weighted by Crippen LogP contribution is 2.12. The van der Waals surface area contributed by atoms with Crippen LogP contribution in [0.5, 0.6) is 0 Å². The Hall–Kier alpha value is -1.84. The van der Waals surface area contributed by atoms with Crippen molar-refractivity contribution in [2.24, 2.45) is 0 Å². The molecule has 0 spiro atoms. The second-order valence-electron chi connectivity index (χ2n) is 2.93. The molecular weight excluding hydrogens is 194 g/mol. The number of hydrogen-bond acceptors (Lipinski definition) is 3. The maximum Gasteiger partial charge on any atom is 0.420 e. The first-order valence-electron chi connectivity index (χ1n) is 4.76. The Kier molecular flexibility index (Phi) is 4.34. The van der Waals surface area contributed by atoms with Crippen LogP contribution >= 0.6 is 0 Å². The minimum absolute atomic E-state index is 0.315. The van der Waals surface area contributed by atoms with Gasteiger partial charge in [0.1, 0.15) is 0 Å². The Morgan fingerprint density at radius 1 is 1.40 bits per heavy atom. The van der Waals surface area contributed by atoms with E-state index in [0.717, 1.165) is 11.3 Å². The van der Waals surface area contributed by atoms with Gasteiger partial charge >= 0.3 is 6.09 Å². The number of imide groups is 1. The number of amides is 2. The zero-order valence-electron chi connectivity index (χ0n) is 8.55. The molecule has 0 bridgehead atoms. The van der Waals surface area contributed by atoms with E-state index in [0.29, 0.717) is 18.7 Å². The van der Waals surface area contributed by atoms with Crippen molar-refractivity contribution in [2.75, 3.05) is 11.5 Å². The first-order chi connectivity index (χ1) is 7.29. The fourth-order valence-electron chi connectivity index (χ4n) is 1.06. The van der Waals surface area contributed by atoms with Gasteiger partial charge in [0.2, 0.25) is 6.41 Å². The van der Waals surface area contributed by atoms with Gasteiger partial charge in [0, 0.05) is 0 Å². The third kappa shape index (κ3) is 3.09. The van der Waals surface area contributed by atoms with E-state index >= 15 is 0 Å². The van der Waals surface area contributed by atoms with Crippen LogP contribution in [0.3, 0.4) is 0 Å². The summed E-state index contributed by atoms with van der Waals surface area (Å²) < 4.78 is 4.85. The Morgan fingerprint density at radius 3 is 2.60 bits per heavy atom. The molecule has 0 heterocycles. The van der Waals surface area contributed by atoms with E-state index in [2.05, 4.69) is 0 Å². The average Bonchev–Trinajstić information content (AvgIpc) is 2.29. The zero-order chi connectivity index (χ0) is 11.1. The number of rotatable bonds is 4. The number of carbonyl (C=O) groups is 2. The normalized spacial score (nSPS) is 9.40. The third-order valence-corrected chi connectivity index (χ3v) is 1.77. The Bertz CT molecular complexity index is 324. The van der Waals surface area contributed by atoms with Gasteiger partial charge in [0.25, 0.3) is 0 Å². The molecular formula is C11H13NO3. The Morgan fingerprint density at radius 2 is 2.07 bits per heavy atom. The smallest absolute Gasteiger partial charge is 0.420 e. The zero-order valence-corrected chi connectivity index (χ0v) is 8.55. The molecule has 0 radical (unpaired) electrons. The third-order valence-electron chi connectivity index (χ3n) is 1.77. The van der Waals surface area contributed by atoms with E-state index in [4.69, 9.17) is 4.74 Å². The lowest BCUT2D eigenvalue weighted by Crippen LogP contribution is -2.30. The lowest BCUT2D eigenvalue weighted by molar-refractivity contribution is -0.107. The number of nitrogens with zero attached hydrogens (tertiary/aromatic N) is 1. The fourth-order valence-corrected chi connectivity index (χ4v) is 1.06. The van der Waals surface area contributed by atoms with E-state index in [1.807, 2.05) is 13.0 Å². The first-order valence-corrected chi connectivity index (χ1v) is 4.76. The van der Waals surface area contributed by atoms with Crippen LogP contribution < -0.4 is 4.90 Å². The molecule has 0 unspecified atom stereocenters. The summed E-state index contributed by atoms with van der Waals surface area (Å²) in [7, 11) is 0. The van der Waals surface area contributed by atoms with E-state index in [9.17, 15) is 9.59 Å². The average molecular weight is 207 g/mol. The second-order valence-corrected chi connectivity index (χ2v) is 2.93. The molecule has 0 aliphatic carbocycles. The van der Waals surface area contributed by atoms with E-state index < -0.39 is 6.09 Å². The maximum atomic E-state index is 11.4. The van der Waals surface area contributed by atoms with Gasteiger partial charge in [-0.2, -0.15) is 0 Å². The molecule has 0 atom stereocenters. The summed E-state index contributed by atoms with van der Waals surface area (Å²) in [5.41, 5.74) is 0.508. The molecule has 0 N–H and O–H groups in total. The van der Waals surface area contributed by atoms with Crippen LogP contribution in [0, 0.1) is 0 Å². The summed E-state index contributed by atoms with van der Waals surface area (Å²) in [6.07, 6.45) is 0.540. The van der Waals surface area contributed by atoms with E-state index in [1.54, 1.807) is 24.3 Å². The highest BCUT2D eigenvalue weighted by molar-refractivity contribution is 6.03. The Balaban J connectivity index is 2.72. The molecule has 4 nitrogen and oxygen atoms in total. The number of benzene rings is 1. The minimum Gasteiger partial charge on any atom is -0.449 e. The molecule has 1 rings (SSSR count). The van der Waals surface area contributed by atoms with Gasteiger partial charge in [-0.1, -0.05) is 25.1 Å². The maximum absolute atomic E-state index is 11.4. The van der Waals surface area contributed by atoms with Gasteiger partial charge in [-0.15, -0.1) is 0 Å². The molecule has 0 aromatic heterocycles. The molecule has 0 saturated carbocycles. The summed E-state index contributed by atoms with van der Waals surface area (Å²) in [4.78, 5) is 23.1. The lowest BCUT2D eigenvalue weighted by Gasteiger charge is -2.14. The standard InChI is InChI=1S/C11H13NO3/c1-2-8-15-11(14)12(9-13)10-6-4-3-5-7-10/h3-7,9H,2,8H2,1H3. The van der Waals surface area contributed by atoms with Crippen molar-refractivity contribution in [3.05, 3.63) is 30.3 Å². The van der Waals surface area contributed by atoms with Crippen molar-refractivity contribution in [1.29, 1.82) is 0 Å². The number of hydrogen-bond donors (Lipinski definition) is 0. The molecule has 0 aliphatic heterocycles. The van der Waals surface area contributed by atoms with Crippen LogP contribution in [0.4, 0.5) is 10.5 Å². The van der Waals surface area contributed by atoms with Gasteiger partial charge < -0.3 is 4.74 Å². The monoisotopic (exact) mass is 207 g/mol. The van der Waals surface area contributed by atoms with Gasteiger partial charge in [-0.3, -0.25) is 4.79 Å².